The Morgan fingerprint density at radius 3 is 3.00 bits per heavy atom. The molecule has 72 valence electrons. The van der Waals surface area contributed by atoms with Gasteiger partial charge in [0.25, 0.3) is 0 Å². The minimum atomic E-state index is -0.205. The molecule has 0 saturated heterocycles. The number of methoxy groups -OCH3 is 1. The molecule has 0 aliphatic heterocycles. The topological polar surface area (TPSA) is 52.1 Å². The Hall–Kier alpha value is -0.270. The van der Waals surface area contributed by atoms with Gasteiger partial charge in [0.05, 0.1) is 13.5 Å². The van der Waals surface area contributed by atoms with E-state index in [1.807, 2.05) is 0 Å². The van der Waals surface area contributed by atoms with Gasteiger partial charge in [-0.3, -0.25) is 4.79 Å². The lowest BCUT2D eigenvalue weighted by atomic mass is 10.5. The SMILES string of the molecule is COC(=O)CCSc1nnc(S)s1. The maximum Gasteiger partial charge on any atom is 0.306 e. The molecule has 0 atom stereocenters. The van der Waals surface area contributed by atoms with Gasteiger partial charge in [-0.25, -0.2) is 0 Å². The normalized spacial score (nSPS) is 10.0. The largest absolute Gasteiger partial charge is 0.469 e. The van der Waals surface area contributed by atoms with E-state index in [-0.39, 0.29) is 5.97 Å². The molecule has 0 unspecified atom stereocenters. The van der Waals surface area contributed by atoms with Crippen LogP contribution in [0.3, 0.4) is 0 Å². The summed E-state index contributed by atoms with van der Waals surface area (Å²) in [4.78, 5) is 10.7. The molecule has 0 bridgehead atoms. The lowest BCUT2D eigenvalue weighted by Gasteiger charge is -1.95. The van der Waals surface area contributed by atoms with Crippen molar-refractivity contribution >= 4 is 41.7 Å². The molecule has 1 aromatic rings. The summed E-state index contributed by atoms with van der Waals surface area (Å²) >= 11 is 6.91. The number of aromatic nitrogens is 2. The lowest BCUT2D eigenvalue weighted by molar-refractivity contribution is -0.140. The maximum absolute atomic E-state index is 10.7. The van der Waals surface area contributed by atoms with Crippen LogP contribution < -0.4 is 0 Å². The fraction of sp³-hybridized carbons (Fsp3) is 0.500. The molecule has 0 fully saturated rings. The van der Waals surface area contributed by atoms with E-state index < -0.39 is 0 Å². The number of carbonyl (C=O) groups is 1. The van der Waals surface area contributed by atoms with E-state index in [0.717, 1.165) is 4.34 Å². The molecule has 0 saturated carbocycles. The number of carbonyl (C=O) groups excluding carboxylic acids is 1. The van der Waals surface area contributed by atoms with E-state index in [2.05, 4.69) is 27.6 Å². The molecule has 1 aromatic heterocycles. The van der Waals surface area contributed by atoms with Gasteiger partial charge in [0.2, 0.25) is 0 Å². The monoisotopic (exact) mass is 236 g/mol. The van der Waals surface area contributed by atoms with Gasteiger partial charge in [-0.2, -0.15) is 0 Å². The van der Waals surface area contributed by atoms with Crippen molar-refractivity contribution in [3.63, 3.8) is 0 Å². The maximum atomic E-state index is 10.7. The molecule has 1 rings (SSSR count). The fourth-order valence-electron chi connectivity index (χ4n) is 0.585. The number of esters is 1. The first kappa shape index (κ1) is 10.8. The van der Waals surface area contributed by atoms with Crippen molar-refractivity contribution in [1.82, 2.24) is 10.2 Å². The van der Waals surface area contributed by atoms with E-state index in [1.165, 1.54) is 30.2 Å². The van der Waals surface area contributed by atoms with Crippen LogP contribution in [0.15, 0.2) is 8.68 Å². The number of thioether (sulfide) groups is 1. The van der Waals surface area contributed by atoms with E-state index in [4.69, 9.17) is 0 Å². The highest BCUT2D eigenvalue weighted by Gasteiger charge is 2.04. The van der Waals surface area contributed by atoms with Gasteiger partial charge in [-0.15, -0.1) is 22.8 Å². The van der Waals surface area contributed by atoms with Gasteiger partial charge in [0.15, 0.2) is 8.68 Å². The third-order valence-corrected chi connectivity index (χ3v) is 3.38. The van der Waals surface area contributed by atoms with E-state index >= 15 is 0 Å². The van der Waals surface area contributed by atoms with Crippen molar-refractivity contribution in [2.24, 2.45) is 0 Å². The second-order valence-corrected chi connectivity index (χ2v) is 5.07. The second kappa shape index (κ2) is 5.46. The molecule has 1 heterocycles. The molecular formula is C6H8N2O2S3. The standard InChI is InChI=1S/C6H8N2O2S3/c1-10-4(9)2-3-12-6-8-7-5(11)13-6/h2-3H2,1H3,(H,7,11). The van der Waals surface area contributed by atoms with Crippen molar-refractivity contribution in [1.29, 1.82) is 0 Å². The van der Waals surface area contributed by atoms with Crippen molar-refractivity contribution in [3.05, 3.63) is 0 Å². The summed E-state index contributed by atoms with van der Waals surface area (Å²) < 4.78 is 5.96. The Morgan fingerprint density at radius 1 is 1.69 bits per heavy atom. The molecule has 0 N–H and O–H groups in total. The van der Waals surface area contributed by atoms with Crippen LogP contribution in [0.2, 0.25) is 0 Å². The highest BCUT2D eigenvalue weighted by atomic mass is 32.2. The van der Waals surface area contributed by atoms with Crippen LogP contribution in [0.1, 0.15) is 6.42 Å². The predicted molar refractivity (Wildman–Crippen MR) is 54.5 cm³/mol. The quantitative estimate of drug-likeness (QED) is 0.487. The Kier molecular flexibility index (Phi) is 4.54. The van der Waals surface area contributed by atoms with Crippen LogP contribution in [0.5, 0.6) is 0 Å². The smallest absolute Gasteiger partial charge is 0.306 e. The summed E-state index contributed by atoms with van der Waals surface area (Å²) in [7, 11) is 1.38. The third kappa shape index (κ3) is 3.97. The van der Waals surface area contributed by atoms with E-state index in [1.54, 1.807) is 0 Å². The molecule has 0 radical (unpaired) electrons. The van der Waals surface area contributed by atoms with Gasteiger partial charge in [-0.1, -0.05) is 23.1 Å². The Labute approximate surface area is 89.5 Å². The van der Waals surface area contributed by atoms with Crippen molar-refractivity contribution in [2.45, 2.75) is 15.1 Å². The van der Waals surface area contributed by atoms with Crippen LogP contribution >= 0.6 is 35.7 Å². The molecule has 0 aromatic carbocycles. The molecule has 0 amide bonds. The molecule has 13 heavy (non-hydrogen) atoms. The van der Waals surface area contributed by atoms with E-state index in [9.17, 15) is 4.79 Å². The third-order valence-electron chi connectivity index (χ3n) is 1.16. The summed E-state index contributed by atoms with van der Waals surface area (Å²) in [6.45, 7) is 0. The zero-order valence-corrected chi connectivity index (χ0v) is 9.42. The van der Waals surface area contributed by atoms with Gasteiger partial charge in [-0.05, 0) is 0 Å². The van der Waals surface area contributed by atoms with E-state index in [0.29, 0.717) is 16.5 Å². The summed E-state index contributed by atoms with van der Waals surface area (Å²) in [6.07, 6.45) is 0.392. The van der Waals surface area contributed by atoms with Gasteiger partial charge < -0.3 is 4.74 Å². The first-order valence-corrected chi connectivity index (χ1v) is 5.69. The van der Waals surface area contributed by atoms with Gasteiger partial charge in [0, 0.05) is 5.75 Å². The predicted octanol–water partition coefficient (Wildman–Crippen LogP) is 1.48. The van der Waals surface area contributed by atoms with Crippen LogP contribution in [-0.2, 0) is 9.53 Å². The zero-order chi connectivity index (χ0) is 9.68. The highest BCUT2D eigenvalue weighted by molar-refractivity contribution is 8.01. The number of rotatable bonds is 4. The van der Waals surface area contributed by atoms with Crippen molar-refractivity contribution in [3.8, 4) is 0 Å². The summed E-state index contributed by atoms with van der Waals surface area (Å²) in [5, 5.41) is 7.57. The molecule has 0 aliphatic rings. The summed E-state index contributed by atoms with van der Waals surface area (Å²) in [5.74, 6) is 0.456. The van der Waals surface area contributed by atoms with Crippen LogP contribution in [0.4, 0.5) is 0 Å². The molecular weight excluding hydrogens is 228 g/mol. The van der Waals surface area contributed by atoms with Crippen molar-refractivity contribution < 1.29 is 9.53 Å². The number of ether oxygens (including phenoxy) is 1. The zero-order valence-electron chi connectivity index (χ0n) is 6.89. The number of nitrogens with zero attached hydrogens (tertiary/aromatic N) is 2. The lowest BCUT2D eigenvalue weighted by Crippen LogP contribution is -2.00. The first-order chi connectivity index (χ1) is 6.22. The minimum Gasteiger partial charge on any atom is -0.469 e. The molecule has 0 aliphatic carbocycles. The summed E-state index contributed by atoms with van der Waals surface area (Å²) in [5.41, 5.74) is 0. The Balaban J connectivity index is 2.24. The van der Waals surface area contributed by atoms with Crippen LogP contribution in [-0.4, -0.2) is 29.0 Å². The Morgan fingerprint density at radius 2 is 2.46 bits per heavy atom. The van der Waals surface area contributed by atoms with Gasteiger partial charge >= 0.3 is 5.97 Å². The number of thiol groups is 1. The molecule has 4 nitrogen and oxygen atoms in total. The van der Waals surface area contributed by atoms with Gasteiger partial charge in [0.1, 0.15) is 0 Å². The molecule has 7 heteroatoms. The second-order valence-electron chi connectivity index (χ2n) is 2.03. The average Bonchev–Trinajstić information content (AvgIpc) is 2.51. The minimum absolute atomic E-state index is 0.205. The fourth-order valence-corrected chi connectivity index (χ4v) is 2.66. The van der Waals surface area contributed by atoms with Crippen LogP contribution in [0.25, 0.3) is 0 Å². The Bertz CT molecular complexity index is 289. The van der Waals surface area contributed by atoms with Crippen molar-refractivity contribution in [2.75, 3.05) is 12.9 Å². The summed E-state index contributed by atoms with van der Waals surface area (Å²) in [6, 6.07) is 0. The molecule has 0 spiro atoms. The van der Waals surface area contributed by atoms with Crippen LogP contribution in [0, 0.1) is 0 Å². The first-order valence-electron chi connectivity index (χ1n) is 3.44. The number of hydrogen-bond donors (Lipinski definition) is 1. The average molecular weight is 236 g/mol. The highest BCUT2D eigenvalue weighted by Crippen LogP contribution is 2.24. The number of hydrogen-bond acceptors (Lipinski definition) is 7.